The highest BCUT2D eigenvalue weighted by Gasteiger charge is 2.11. The van der Waals surface area contributed by atoms with Crippen LogP contribution in [0.3, 0.4) is 0 Å². The van der Waals surface area contributed by atoms with Gasteiger partial charge in [0.2, 0.25) is 0 Å². The summed E-state index contributed by atoms with van der Waals surface area (Å²) in [5.74, 6) is 0.953. The van der Waals surface area contributed by atoms with E-state index in [4.69, 9.17) is 4.74 Å². The van der Waals surface area contributed by atoms with Crippen LogP contribution in [-0.2, 0) is 4.74 Å². The largest absolute Gasteiger partial charge is 0.446 e. The van der Waals surface area contributed by atoms with Gasteiger partial charge in [-0.3, -0.25) is 4.99 Å². The number of nitrogens with zero attached hydrogens (tertiary/aromatic N) is 1. The lowest BCUT2D eigenvalue weighted by Gasteiger charge is -2.16. The molecule has 2 rings (SSSR count). The molecule has 0 saturated carbocycles. The van der Waals surface area contributed by atoms with Crippen molar-refractivity contribution >= 4 is 6.40 Å². The third-order valence-electron chi connectivity index (χ3n) is 1.51. The van der Waals surface area contributed by atoms with E-state index in [0.717, 1.165) is 24.4 Å². The quantitative estimate of drug-likeness (QED) is 0.523. The van der Waals surface area contributed by atoms with Crippen LogP contribution in [0.5, 0.6) is 0 Å². The molecule has 0 spiro atoms. The summed E-state index contributed by atoms with van der Waals surface area (Å²) in [7, 11) is 0. The van der Waals surface area contributed by atoms with Gasteiger partial charge in [0.1, 0.15) is 5.76 Å². The molecule has 0 amide bonds. The molecule has 0 unspecified atom stereocenters. The highest BCUT2D eigenvalue weighted by atomic mass is 16.5. The van der Waals surface area contributed by atoms with Gasteiger partial charge in [-0.15, -0.1) is 0 Å². The predicted molar refractivity (Wildman–Crippen MR) is 38.6 cm³/mol. The third kappa shape index (κ3) is 0.795. The maximum Gasteiger partial charge on any atom is 0.176 e. The van der Waals surface area contributed by atoms with E-state index in [1.807, 2.05) is 12.3 Å². The second-order valence-electron chi connectivity index (χ2n) is 2.21. The number of ether oxygens (including phenoxy) is 1. The molecule has 10 heavy (non-hydrogen) atoms. The van der Waals surface area contributed by atoms with E-state index >= 15 is 0 Å². The molecular formula is C7H8N2O. The summed E-state index contributed by atoms with van der Waals surface area (Å²) in [5.41, 5.74) is 1.13. The fraction of sp³-hybridized carbons (Fsp3) is 0.286. The van der Waals surface area contributed by atoms with E-state index in [0.29, 0.717) is 0 Å². The minimum Gasteiger partial charge on any atom is -0.446 e. The summed E-state index contributed by atoms with van der Waals surface area (Å²) < 4.78 is 5.14. The highest BCUT2D eigenvalue weighted by Crippen LogP contribution is 2.15. The molecule has 0 bridgehead atoms. The van der Waals surface area contributed by atoms with E-state index in [9.17, 15) is 0 Å². The Balaban J connectivity index is 2.30. The summed E-state index contributed by atoms with van der Waals surface area (Å²) in [6.45, 7) is 1.59. The lowest BCUT2D eigenvalue weighted by molar-refractivity contribution is 0.423. The van der Waals surface area contributed by atoms with Crippen molar-refractivity contribution in [2.75, 3.05) is 13.1 Å². The fourth-order valence-corrected chi connectivity index (χ4v) is 1.01. The molecule has 52 valence electrons. The summed E-state index contributed by atoms with van der Waals surface area (Å²) in [6, 6.07) is 0. The molecule has 0 aromatic carbocycles. The first-order chi connectivity index (χ1) is 4.97. The molecule has 0 aliphatic carbocycles. The van der Waals surface area contributed by atoms with E-state index < -0.39 is 0 Å². The smallest absolute Gasteiger partial charge is 0.176 e. The van der Waals surface area contributed by atoms with Gasteiger partial charge in [-0.05, 0) is 6.08 Å². The number of fused-ring (bicyclic) bond motifs is 1. The summed E-state index contributed by atoms with van der Waals surface area (Å²) in [6.07, 6.45) is 5.46. The van der Waals surface area contributed by atoms with Crippen molar-refractivity contribution in [1.29, 1.82) is 0 Å². The Hall–Kier alpha value is -1.25. The molecule has 1 N–H and O–H groups in total. The minimum atomic E-state index is 0.735. The highest BCUT2D eigenvalue weighted by molar-refractivity contribution is 5.55. The molecule has 0 fully saturated rings. The van der Waals surface area contributed by atoms with Crippen LogP contribution in [0.1, 0.15) is 0 Å². The van der Waals surface area contributed by atoms with E-state index in [1.54, 1.807) is 0 Å². The van der Waals surface area contributed by atoms with Crippen LogP contribution < -0.4 is 5.32 Å². The molecule has 3 heteroatoms. The maximum atomic E-state index is 5.14. The lowest BCUT2D eigenvalue weighted by Crippen LogP contribution is -2.17. The molecule has 0 saturated heterocycles. The number of hydrogen-bond acceptors (Lipinski definition) is 3. The van der Waals surface area contributed by atoms with Gasteiger partial charge < -0.3 is 10.1 Å². The Kier molecular flexibility index (Phi) is 1.20. The summed E-state index contributed by atoms with van der Waals surface area (Å²) in [5, 5.41) is 3.09. The van der Waals surface area contributed by atoms with Gasteiger partial charge in [-0.25, -0.2) is 0 Å². The zero-order valence-corrected chi connectivity index (χ0v) is 5.50. The Bertz CT molecular complexity index is 204. The normalized spacial score (nSPS) is 21.6. The van der Waals surface area contributed by atoms with Crippen molar-refractivity contribution in [3.63, 3.8) is 0 Å². The van der Waals surface area contributed by atoms with Crippen LogP contribution in [0, 0.1) is 0 Å². The predicted octanol–water partition coefficient (Wildman–Crippen LogP) is 0.416. The van der Waals surface area contributed by atoms with E-state index in [2.05, 4.69) is 10.3 Å². The van der Waals surface area contributed by atoms with Crippen molar-refractivity contribution in [3.8, 4) is 0 Å². The van der Waals surface area contributed by atoms with E-state index in [-0.39, 0.29) is 0 Å². The molecule has 2 heterocycles. The molecule has 2 aliphatic heterocycles. The number of hydrogen-bond donors (Lipinski definition) is 1. The number of aliphatic imine (C=N–C) groups is 1. The number of rotatable bonds is 0. The van der Waals surface area contributed by atoms with Crippen LogP contribution in [0.25, 0.3) is 0 Å². The number of dihydropyridines is 1. The van der Waals surface area contributed by atoms with Crippen LogP contribution in [0.15, 0.2) is 28.6 Å². The molecule has 0 aromatic heterocycles. The summed E-state index contributed by atoms with van der Waals surface area (Å²) in [4.78, 5) is 3.97. The van der Waals surface area contributed by atoms with Gasteiger partial charge in [0.25, 0.3) is 0 Å². The van der Waals surface area contributed by atoms with Crippen molar-refractivity contribution in [2.24, 2.45) is 4.99 Å². The lowest BCUT2D eigenvalue weighted by atomic mass is 10.2. The molecule has 0 aromatic rings. The standard InChI is InChI=1S/C7H8N2O/c1-2-8-3-6-4-9-5-10-7(1)6/h1,3,5,8H,2,4H2. The van der Waals surface area contributed by atoms with Gasteiger partial charge in [0, 0.05) is 18.3 Å². The van der Waals surface area contributed by atoms with Gasteiger partial charge in [0.05, 0.1) is 6.54 Å². The Morgan fingerprint density at radius 1 is 1.60 bits per heavy atom. The zero-order chi connectivity index (χ0) is 6.81. The minimum absolute atomic E-state index is 0.735. The van der Waals surface area contributed by atoms with Crippen molar-refractivity contribution in [1.82, 2.24) is 5.32 Å². The van der Waals surface area contributed by atoms with Crippen molar-refractivity contribution in [2.45, 2.75) is 0 Å². The van der Waals surface area contributed by atoms with Crippen molar-refractivity contribution in [3.05, 3.63) is 23.6 Å². The molecule has 2 aliphatic rings. The maximum absolute atomic E-state index is 5.14. The van der Waals surface area contributed by atoms with Gasteiger partial charge in [0.15, 0.2) is 6.40 Å². The first-order valence-corrected chi connectivity index (χ1v) is 3.25. The zero-order valence-electron chi connectivity index (χ0n) is 5.50. The van der Waals surface area contributed by atoms with Crippen LogP contribution in [-0.4, -0.2) is 19.5 Å². The van der Waals surface area contributed by atoms with Gasteiger partial charge in [-0.1, -0.05) is 0 Å². The monoisotopic (exact) mass is 136 g/mol. The van der Waals surface area contributed by atoms with Crippen LogP contribution >= 0.6 is 0 Å². The Labute approximate surface area is 59.1 Å². The molecule has 0 atom stereocenters. The van der Waals surface area contributed by atoms with Gasteiger partial charge >= 0.3 is 0 Å². The SMILES string of the molecule is C1=NCC2=CNCC=C2O1. The third-order valence-corrected chi connectivity index (χ3v) is 1.51. The fourth-order valence-electron chi connectivity index (χ4n) is 1.01. The van der Waals surface area contributed by atoms with Crippen LogP contribution in [0.4, 0.5) is 0 Å². The summed E-state index contributed by atoms with van der Waals surface area (Å²) >= 11 is 0. The average Bonchev–Trinajstić information content (AvgIpc) is 2.05. The molecule has 0 radical (unpaired) electrons. The second-order valence-corrected chi connectivity index (χ2v) is 2.21. The first kappa shape index (κ1) is 5.53. The first-order valence-electron chi connectivity index (χ1n) is 3.25. The number of nitrogens with one attached hydrogen (secondary N) is 1. The van der Waals surface area contributed by atoms with Crippen molar-refractivity contribution < 1.29 is 4.74 Å². The molecule has 3 nitrogen and oxygen atoms in total. The second kappa shape index (κ2) is 2.17. The molecular weight excluding hydrogens is 128 g/mol. The average molecular weight is 136 g/mol. The Morgan fingerprint density at radius 2 is 2.60 bits per heavy atom. The van der Waals surface area contributed by atoms with Crippen LogP contribution in [0.2, 0.25) is 0 Å². The Morgan fingerprint density at radius 3 is 3.50 bits per heavy atom. The topological polar surface area (TPSA) is 33.6 Å². The van der Waals surface area contributed by atoms with E-state index in [1.165, 1.54) is 6.40 Å². The van der Waals surface area contributed by atoms with Gasteiger partial charge in [-0.2, -0.15) is 0 Å².